The summed E-state index contributed by atoms with van der Waals surface area (Å²) in [5.41, 5.74) is 12.0. The van der Waals surface area contributed by atoms with Gasteiger partial charge in [0.15, 0.2) is 22.9 Å². The first-order valence-corrected chi connectivity index (χ1v) is 19.9. The van der Waals surface area contributed by atoms with Gasteiger partial charge < -0.3 is 9.31 Å². The molecule has 0 spiro atoms. The number of aromatic nitrogens is 6. The van der Waals surface area contributed by atoms with Crippen LogP contribution in [0.1, 0.15) is 64.5 Å². The van der Waals surface area contributed by atoms with Crippen LogP contribution in [0.5, 0.6) is 0 Å². The summed E-state index contributed by atoms with van der Waals surface area (Å²) in [6.07, 6.45) is 21.6. The number of rotatable bonds is 7. The Labute approximate surface area is 333 Å². The van der Waals surface area contributed by atoms with Crippen molar-refractivity contribution in [2.45, 2.75) is 64.6 Å². The zero-order chi connectivity index (χ0) is 38.7. The monoisotopic (exact) mass is 746 g/mol. The Morgan fingerprint density at radius 3 is 1.82 bits per heavy atom. The smallest absolute Gasteiger partial charge is 0.399 e. The lowest BCUT2D eigenvalue weighted by molar-refractivity contribution is 0.00578. The Bertz CT molecular complexity index is 2790. The van der Waals surface area contributed by atoms with Crippen molar-refractivity contribution in [3.05, 3.63) is 151 Å². The molecule has 1 aliphatic heterocycles. The Morgan fingerprint density at radius 1 is 0.596 bits per heavy atom. The van der Waals surface area contributed by atoms with E-state index in [0.29, 0.717) is 11.6 Å². The molecule has 0 amide bonds. The summed E-state index contributed by atoms with van der Waals surface area (Å²) in [5.74, 6) is 1.18. The van der Waals surface area contributed by atoms with Crippen LogP contribution >= 0.6 is 0 Å². The molecule has 280 valence electrons. The zero-order valence-electron chi connectivity index (χ0n) is 32.7. The van der Waals surface area contributed by atoms with Crippen molar-refractivity contribution in [3.8, 4) is 45.0 Å². The van der Waals surface area contributed by atoms with E-state index in [2.05, 4.69) is 155 Å². The highest BCUT2D eigenvalue weighted by molar-refractivity contribution is 6.62. The van der Waals surface area contributed by atoms with Crippen LogP contribution in [-0.2, 0) is 9.31 Å². The fourth-order valence-electron chi connectivity index (χ4n) is 7.90. The molecule has 0 saturated carbocycles. The van der Waals surface area contributed by atoms with Gasteiger partial charge in [-0.1, -0.05) is 109 Å². The first-order chi connectivity index (χ1) is 27.7. The summed E-state index contributed by atoms with van der Waals surface area (Å²) < 4.78 is 17.1. The second kappa shape index (κ2) is 13.8. The molecule has 4 aromatic heterocycles. The molecule has 3 aromatic carbocycles. The van der Waals surface area contributed by atoms with Crippen molar-refractivity contribution in [2.24, 2.45) is 0 Å². The van der Waals surface area contributed by atoms with Gasteiger partial charge in [0.05, 0.1) is 11.2 Å². The number of pyridine rings is 2. The summed E-state index contributed by atoms with van der Waals surface area (Å²) in [4.78, 5) is 10.5. The Kier molecular flexibility index (Phi) is 8.54. The van der Waals surface area contributed by atoms with E-state index < -0.39 is 18.3 Å². The van der Waals surface area contributed by atoms with E-state index in [9.17, 15) is 0 Å². The number of hydrogen-bond donors (Lipinski definition) is 0. The predicted octanol–water partition coefficient (Wildman–Crippen LogP) is 10.2. The molecule has 0 radical (unpaired) electrons. The molecular weight excluding hydrogens is 703 g/mol. The Balaban J connectivity index is 1.16. The molecule has 7 aromatic rings. The van der Waals surface area contributed by atoms with Crippen LogP contribution in [0.3, 0.4) is 0 Å². The van der Waals surface area contributed by atoms with Crippen molar-refractivity contribution >= 4 is 35.0 Å². The molecule has 2 aliphatic carbocycles. The number of hydrogen-bond acceptors (Lipinski definition) is 6. The molecule has 9 heteroatoms. The van der Waals surface area contributed by atoms with E-state index in [0.717, 1.165) is 86.9 Å². The van der Waals surface area contributed by atoms with Crippen molar-refractivity contribution in [2.75, 3.05) is 0 Å². The van der Waals surface area contributed by atoms with E-state index in [-0.39, 0.29) is 0 Å². The first-order valence-electron chi connectivity index (χ1n) is 19.9. The van der Waals surface area contributed by atoms with Crippen LogP contribution in [0.15, 0.2) is 140 Å². The first kappa shape index (κ1) is 35.3. The number of benzene rings is 3. The molecular formula is C48H43BN6O2. The average Bonchev–Trinajstić information content (AvgIpc) is 3.94. The largest absolute Gasteiger partial charge is 0.494 e. The maximum Gasteiger partial charge on any atom is 0.494 e. The molecule has 0 unspecified atom stereocenters. The third-order valence-corrected chi connectivity index (χ3v) is 11.7. The van der Waals surface area contributed by atoms with Crippen LogP contribution in [0.25, 0.3) is 67.5 Å². The van der Waals surface area contributed by atoms with Crippen LogP contribution in [0, 0.1) is 0 Å². The molecule has 3 aliphatic rings. The third kappa shape index (κ3) is 6.47. The van der Waals surface area contributed by atoms with Crippen LogP contribution < -0.4 is 5.46 Å². The molecule has 1 saturated heterocycles. The lowest BCUT2D eigenvalue weighted by atomic mass is 9.77. The van der Waals surface area contributed by atoms with E-state index in [4.69, 9.17) is 29.5 Å². The summed E-state index contributed by atoms with van der Waals surface area (Å²) in [6, 6.07) is 31.5. The molecule has 5 heterocycles. The topological polar surface area (TPSA) is 78.8 Å². The van der Waals surface area contributed by atoms with Crippen molar-refractivity contribution in [1.82, 2.24) is 29.2 Å². The highest BCUT2D eigenvalue weighted by atomic mass is 16.7. The SMILES string of the molecule is CC1(C)OB(c2cc(-c3nc4c(C5=CCCC=C5)cc(C5=CC=CCC5)cn4n3)cc(-c3nc4c(-c5ccccc5)cc(-c5ccccc5)cn4n3)c2)OC1(C)C. The van der Waals surface area contributed by atoms with Crippen molar-refractivity contribution in [1.29, 1.82) is 0 Å². The second-order valence-electron chi connectivity index (χ2n) is 16.2. The van der Waals surface area contributed by atoms with Gasteiger partial charge in [0.1, 0.15) is 0 Å². The van der Waals surface area contributed by atoms with E-state index >= 15 is 0 Å². The number of allylic oxidation sites excluding steroid dienone is 8. The average molecular weight is 747 g/mol. The minimum Gasteiger partial charge on any atom is -0.399 e. The number of fused-ring (bicyclic) bond motifs is 2. The Morgan fingerprint density at radius 2 is 1.21 bits per heavy atom. The highest BCUT2D eigenvalue weighted by Crippen LogP contribution is 2.38. The fraction of sp³-hybridized carbons (Fsp3) is 0.208. The standard InChI is InChI=1S/C48H43BN6O2/c1-47(2)48(3,4)57-49(56-47)40-26-36(43-50-45-41(34-21-13-7-14-22-34)28-38(30-54(45)52-43)32-17-9-5-10-18-32)25-37(27-40)44-51-46-42(35-23-15-8-16-24-35)29-39(31-55(46)53-44)33-19-11-6-12-20-33/h5-7,9-11,13-15,17-19,21-31H,8,12,16,20H2,1-4H3. The Hall–Kier alpha value is -6.16. The molecule has 1 fully saturated rings. The van der Waals surface area contributed by atoms with E-state index in [1.807, 2.05) is 21.2 Å². The summed E-state index contributed by atoms with van der Waals surface area (Å²) in [7, 11) is -0.613. The number of nitrogens with zero attached hydrogens (tertiary/aromatic N) is 6. The molecule has 0 N–H and O–H groups in total. The molecule has 10 rings (SSSR count). The van der Waals surface area contributed by atoms with Crippen LogP contribution in [-0.4, -0.2) is 47.5 Å². The van der Waals surface area contributed by atoms with E-state index in [1.165, 1.54) is 11.1 Å². The van der Waals surface area contributed by atoms with Crippen LogP contribution in [0.4, 0.5) is 0 Å². The fourth-order valence-corrected chi connectivity index (χ4v) is 7.90. The molecule has 0 atom stereocenters. The minimum atomic E-state index is -0.613. The van der Waals surface area contributed by atoms with Crippen molar-refractivity contribution < 1.29 is 9.31 Å². The minimum absolute atomic E-state index is 0.523. The van der Waals surface area contributed by atoms with Gasteiger partial charge >= 0.3 is 7.12 Å². The highest BCUT2D eigenvalue weighted by Gasteiger charge is 2.52. The van der Waals surface area contributed by atoms with Gasteiger partial charge in [-0.3, -0.25) is 0 Å². The van der Waals surface area contributed by atoms with Gasteiger partial charge in [-0.15, -0.1) is 10.2 Å². The van der Waals surface area contributed by atoms with Gasteiger partial charge in [0.25, 0.3) is 0 Å². The van der Waals surface area contributed by atoms with Gasteiger partial charge in [0, 0.05) is 40.2 Å². The predicted molar refractivity (Wildman–Crippen MR) is 230 cm³/mol. The zero-order valence-corrected chi connectivity index (χ0v) is 32.7. The molecule has 0 bridgehead atoms. The summed E-state index contributed by atoms with van der Waals surface area (Å²) in [6.45, 7) is 8.30. The van der Waals surface area contributed by atoms with Gasteiger partial charge in [-0.05, 0) is 105 Å². The second-order valence-corrected chi connectivity index (χ2v) is 16.2. The van der Waals surface area contributed by atoms with Gasteiger partial charge in [0.2, 0.25) is 0 Å². The maximum absolute atomic E-state index is 6.63. The lowest BCUT2D eigenvalue weighted by Crippen LogP contribution is -2.41. The quantitative estimate of drug-likeness (QED) is 0.151. The van der Waals surface area contributed by atoms with Gasteiger partial charge in [-0.2, -0.15) is 0 Å². The molecule has 8 nitrogen and oxygen atoms in total. The molecule has 57 heavy (non-hydrogen) atoms. The van der Waals surface area contributed by atoms with Crippen LogP contribution in [0.2, 0.25) is 0 Å². The van der Waals surface area contributed by atoms with Crippen molar-refractivity contribution in [3.63, 3.8) is 0 Å². The summed E-state index contributed by atoms with van der Waals surface area (Å²) in [5, 5.41) is 10.3. The lowest BCUT2D eigenvalue weighted by Gasteiger charge is -2.32. The van der Waals surface area contributed by atoms with E-state index in [1.54, 1.807) is 0 Å². The van der Waals surface area contributed by atoms with Gasteiger partial charge in [-0.25, -0.2) is 19.0 Å². The maximum atomic E-state index is 6.63. The normalized spacial score (nSPS) is 17.4. The summed E-state index contributed by atoms with van der Waals surface area (Å²) >= 11 is 0. The third-order valence-electron chi connectivity index (χ3n) is 11.7.